The Kier molecular flexibility index (Phi) is 4.24. The molecule has 0 radical (unpaired) electrons. The highest BCUT2D eigenvalue weighted by atomic mass is 79.9. The van der Waals surface area contributed by atoms with Crippen LogP contribution in [0.1, 0.15) is 16.7 Å². The molecule has 0 spiro atoms. The molecule has 0 saturated carbocycles. The number of aromatic nitrogens is 2. The summed E-state index contributed by atoms with van der Waals surface area (Å²) in [6.07, 6.45) is 3.87. The van der Waals surface area contributed by atoms with E-state index in [4.69, 9.17) is 0 Å². The molecule has 3 aromatic carbocycles. The molecule has 2 nitrogen and oxygen atoms in total. The molecule has 4 rings (SSSR count). The Hall–Kier alpha value is -2.65. The van der Waals surface area contributed by atoms with Crippen molar-refractivity contribution in [2.75, 3.05) is 0 Å². The van der Waals surface area contributed by atoms with Gasteiger partial charge in [0.05, 0.1) is 10.7 Å². The lowest BCUT2D eigenvalue weighted by atomic mass is 9.77. The van der Waals surface area contributed by atoms with Crippen molar-refractivity contribution in [3.8, 4) is 0 Å². The highest BCUT2D eigenvalue weighted by molar-refractivity contribution is 9.10. The van der Waals surface area contributed by atoms with Crippen molar-refractivity contribution in [3.05, 3.63) is 125 Å². The molecule has 0 aliphatic heterocycles. The third-order valence-corrected chi connectivity index (χ3v) is 4.88. The molecule has 0 bridgehead atoms. The molecular weight excluding hydrogens is 372 g/mol. The zero-order chi connectivity index (χ0) is 17.1. The molecule has 4 aromatic rings. The van der Waals surface area contributed by atoms with Crippen molar-refractivity contribution in [1.82, 2.24) is 9.78 Å². The smallest absolute Gasteiger partial charge is 0.138 e. The molecule has 3 heteroatoms. The van der Waals surface area contributed by atoms with Gasteiger partial charge in [-0.2, -0.15) is 5.10 Å². The second-order valence-electron chi connectivity index (χ2n) is 5.91. The highest BCUT2D eigenvalue weighted by Crippen LogP contribution is 2.40. The standard InChI is InChI=1S/C22H17BrN2/c23-21-16-24-25(17-21)22(18-10-4-1-5-11-18,19-12-6-2-7-13-19)20-14-8-3-9-15-20/h1-17H. The Morgan fingerprint density at radius 2 is 1.04 bits per heavy atom. The van der Waals surface area contributed by atoms with Gasteiger partial charge in [-0.3, -0.25) is 4.68 Å². The summed E-state index contributed by atoms with van der Waals surface area (Å²) in [7, 11) is 0. The number of hydrogen-bond acceptors (Lipinski definition) is 1. The van der Waals surface area contributed by atoms with Crippen molar-refractivity contribution in [2.24, 2.45) is 0 Å². The van der Waals surface area contributed by atoms with E-state index < -0.39 is 5.54 Å². The van der Waals surface area contributed by atoms with E-state index in [0.717, 1.165) is 4.47 Å². The predicted molar refractivity (Wildman–Crippen MR) is 105 cm³/mol. The van der Waals surface area contributed by atoms with Crippen LogP contribution in [0.25, 0.3) is 0 Å². The molecule has 122 valence electrons. The fourth-order valence-corrected chi connectivity index (χ4v) is 3.70. The van der Waals surface area contributed by atoms with Gasteiger partial charge in [-0.05, 0) is 32.6 Å². The lowest BCUT2D eigenvalue weighted by Gasteiger charge is -2.36. The minimum Gasteiger partial charge on any atom is -0.252 e. The fourth-order valence-electron chi connectivity index (χ4n) is 3.42. The van der Waals surface area contributed by atoms with Crippen LogP contribution in [0.4, 0.5) is 0 Å². The Morgan fingerprint density at radius 3 is 1.36 bits per heavy atom. The van der Waals surface area contributed by atoms with Crippen LogP contribution in [0, 0.1) is 0 Å². The third-order valence-electron chi connectivity index (χ3n) is 4.47. The molecule has 0 aliphatic rings. The van der Waals surface area contributed by atoms with Crippen LogP contribution in [-0.2, 0) is 5.54 Å². The molecule has 0 saturated heterocycles. The van der Waals surface area contributed by atoms with Gasteiger partial charge in [-0.1, -0.05) is 91.0 Å². The van der Waals surface area contributed by atoms with Gasteiger partial charge < -0.3 is 0 Å². The number of benzene rings is 3. The molecule has 0 atom stereocenters. The monoisotopic (exact) mass is 388 g/mol. The van der Waals surface area contributed by atoms with E-state index >= 15 is 0 Å². The summed E-state index contributed by atoms with van der Waals surface area (Å²) >= 11 is 3.56. The molecule has 25 heavy (non-hydrogen) atoms. The van der Waals surface area contributed by atoms with Gasteiger partial charge in [-0.15, -0.1) is 0 Å². The molecule has 0 fully saturated rings. The zero-order valence-electron chi connectivity index (χ0n) is 13.6. The second-order valence-corrected chi connectivity index (χ2v) is 6.83. The summed E-state index contributed by atoms with van der Waals surface area (Å²) in [5.74, 6) is 0. The SMILES string of the molecule is Brc1cnn(C(c2ccccc2)(c2ccccc2)c2ccccc2)c1. The van der Waals surface area contributed by atoms with Gasteiger partial charge in [0, 0.05) is 6.20 Å². The Labute approximate surface area is 155 Å². The van der Waals surface area contributed by atoms with Crippen LogP contribution in [0.3, 0.4) is 0 Å². The molecule has 0 amide bonds. The van der Waals surface area contributed by atoms with Crippen molar-refractivity contribution in [1.29, 1.82) is 0 Å². The molecule has 1 heterocycles. The number of halogens is 1. The van der Waals surface area contributed by atoms with Crippen LogP contribution in [0.5, 0.6) is 0 Å². The van der Waals surface area contributed by atoms with Gasteiger partial charge in [0.15, 0.2) is 0 Å². The molecular formula is C22H17BrN2. The first-order chi connectivity index (χ1) is 12.3. The average molecular weight is 389 g/mol. The van der Waals surface area contributed by atoms with E-state index in [-0.39, 0.29) is 0 Å². The lowest BCUT2D eigenvalue weighted by Crippen LogP contribution is -2.38. The number of rotatable bonds is 4. The third kappa shape index (κ3) is 2.71. The van der Waals surface area contributed by atoms with Crippen LogP contribution in [0.15, 0.2) is 108 Å². The summed E-state index contributed by atoms with van der Waals surface area (Å²) < 4.78 is 3.00. The zero-order valence-corrected chi connectivity index (χ0v) is 15.2. The Morgan fingerprint density at radius 1 is 0.640 bits per heavy atom. The van der Waals surface area contributed by atoms with Crippen LogP contribution < -0.4 is 0 Å². The normalized spacial score (nSPS) is 11.4. The highest BCUT2D eigenvalue weighted by Gasteiger charge is 2.39. The largest absolute Gasteiger partial charge is 0.252 e. The first-order valence-electron chi connectivity index (χ1n) is 8.19. The Balaban J connectivity index is 2.12. The molecule has 1 aromatic heterocycles. The van der Waals surface area contributed by atoms with Gasteiger partial charge in [0.2, 0.25) is 0 Å². The van der Waals surface area contributed by atoms with Gasteiger partial charge >= 0.3 is 0 Å². The topological polar surface area (TPSA) is 17.8 Å². The minimum atomic E-state index is -0.532. The van der Waals surface area contributed by atoms with Crippen LogP contribution in [-0.4, -0.2) is 9.78 Å². The van der Waals surface area contributed by atoms with Crippen molar-refractivity contribution >= 4 is 15.9 Å². The first-order valence-corrected chi connectivity index (χ1v) is 8.98. The van der Waals surface area contributed by atoms with Crippen molar-refractivity contribution in [3.63, 3.8) is 0 Å². The predicted octanol–water partition coefficient (Wildman–Crippen LogP) is 5.49. The van der Waals surface area contributed by atoms with Gasteiger partial charge in [0.1, 0.15) is 5.54 Å². The summed E-state index contributed by atoms with van der Waals surface area (Å²) in [5, 5.41) is 4.69. The van der Waals surface area contributed by atoms with Crippen molar-refractivity contribution in [2.45, 2.75) is 5.54 Å². The quantitative estimate of drug-likeness (QED) is 0.423. The van der Waals surface area contributed by atoms with E-state index in [1.54, 1.807) is 0 Å². The fraction of sp³-hybridized carbons (Fsp3) is 0.0455. The maximum Gasteiger partial charge on any atom is 0.138 e. The number of nitrogens with zero attached hydrogens (tertiary/aromatic N) is 2. The van der Waals surface area contributed by atoms with E-state index in [0.29, 0.717) is 0 Å². The van der Waals surface area contributed by atoms with Crippen LogP contribution in [0.2, 0.25) is 0 Å². The number of hydrogen-bond donors (Lipinski definition) is 0. The van der Waals surface area contributed by atoms with E-state index in [1.807, 2.05) is 35.3 Å². The summed E-state index contributed by atoms with van der Waals surface area (Å²) in [6.45, 7) is 0. The summed E-state index contributed by atoms with van der Waals surface area (Å²) in [4.78, 5) is 0. The first kappa shape index (κ1) is 15.9. The van der Waals surface area contributed by atoms with E-state index in [1.165, 1.54) is 16.7 Å². The van der Waals surface area contributed by atoms with Gasteiger partial charge in [0.25, 0.3) is 0 Å². The lowest BCUT2D eigenvalue weighted by molar-refractivity contribution is 0.460. The Bertz CT molecular complexity index is 850. The van der Waals surface area contributed by atoms with E-state index in [9.17, 15) is 0 Å². The van der Waals surface area contributed by atoms with Crippen molar-refractivity contribution < 1.29 is 0 Å². The van der Waals surface area contributed by atoms with Gasteiger partial charge in [-0.25, -0.2) is 0 Å². The molecule has 0 aliphatic carbocycles. The summed E-state index contributed by atoms with van der Waals surface area (Å²) in [6, 6.07) is 31.6. The average Bonchev–Trinajstić information content (AvgIpc) is 3.12. The maximum atomic E-state index is 4.69. The summed E-state index contributed by atoms with van der Waals surface area (Å²) in [5.41, 5.74) is 2.98. The molecule has 0 N–H and O–H groups in total. The second kappa shape index (κ2) is 6.69. The minimum absolute atomic E-state index is 0.532. The van der Waals surface area contributed by atoms with Crippen LogP contribution >= 0.6 is 15.9 Å². The van der Waals surface area contributed by atoms with E-state index in [2.05, 4.69) is 93.8 Å². The molecule has 0 unspecified atom stereocenters. The maximum absolute atomic E-state index is 4.69.